The van der Waals surface area contributed by atoms with Crippen molar-refractivity contribution in [2.75, 3.05) is 13.1 Å². The van der Waals surface area contributed by atoms with E-state index in [1.807, 2.05) is 13.8 Å². The van der Waals surface area contributed by atoms with E-state index < -0.39 is 0 Å². The fraction of sp³-hybridized carbons (Fsp3) is 0.714. The second-order valence-electron chi connectivity index (χ2n) is 5.76. The Hall–Kier alpha value is -1.16. The van der Waals surface area contributed by atoms with Gasteiger partial charge in [0.05, 0.1) is 5.69 Å². The first-order chi connectivity index (χ1) is 8.54. The van der Waals surface area contributed by atoms with E-state index in [2.05, 4.69) is 21.8 Å². The van der Waals surface area contributed by atoms with Gasteiger partial charge in [-0.25, -0.2) is 4.98 Å². The average molecular weight is 249 g/mol. The van der Waals surface area contributed by atoms with Gasteiger partial charge in [-0.05, 0) is 25.3 Å². The van der Waals surface area contributed by atoms with Gasteiger partial charge in [0.1, 0.15) is 5.82 Å². The monoisotopic (exact) mass is 249 g/mol. The molecule has 0 spiro atoms. The van der Waals surface area contributed by atoms with E-state index >= 15 is 0 Å². The molecule has 1 atom stereocenters. The van der Waals surface area contributed by atoms with Crippen molar-refractivity contribution in [3.8, 4) is 0 Å². The van der Waals surface area contributed by atoms with Crippen LogP contribution in [0.25, 0.3) is 0 Å². The zero-order valence-corrected chi connectivity index (χ0v) is 11.6. The lowest BCUT2D eigenvalue weighted by atomic mass is 10.0. The van der Waals surface area contributed by atoms with Gasteiger partial charge in [-0.1, -0.05) is 20.8 Å². The molecule has 0 bridgehead atoms. The van der Waals surface area contributed by atoms with Gasteiger partial charge < -0.3 is 4.98 Å². The lowest BCUT2D eigenvalue weighted by Gasteiger charge is -2.30. The minimum atomic E-state index is -0.0336. The number of H-pyrrole nitrogens is 1. The Morgan fingerprint density at radius 1 is 1.56 bits per heavy atom. The average Bonchev–Trinajstić information content (AvgIpc) is 2.28. The van der Waals surface area contributed by atoms with Gasteiger partial charge in [-0.2, -0.15) is 0 Å². The van der Waals surface area contributed by atoms with E-state index in [9.17, 15) is 4.79 Å². The molecule has 1 N–H and O–H groups in total. The Morgan fingerprint density at radius 3 is 3.00 bits per heavy atom. The molecule has 1 aromatic heterocycles. The molecule has 2 rings (SSSR count). The van der Waals surface area contributed by atoms with E-state index in [1.165, 1.54) is 12.8 Å². The Morgan fingerprint density at radius 2 is 2.33 bits per heavy atom. The van der Waals surface area contributed by atoms with Gasteiger partial charge in [0, 0.05) is 25.1 Å². The fourth-order valence-corrected chi connectivity index (χ4v) is 2.54. The van der Waals surface area contributed by atoms with Crippen LogP contribution in [0, 0.1) is 5.92 Å². The first kappa shape index (κ1) is 13.3. The van der Waals surface area contributed by atoms with Gasteiger partial charge in [0.2, 0.25) is 0 Å². The van der Waals surface area contributed by atoms with E-state index in [-0.39, 0.29) is 11.5 Å². The molecule has 2 heterocycles. The van der Waals surface area contributed by atoms with Crippen LogP contribution in [0.5, 0.6) is 0 Å². The van der Waals surface area contributed by atoms with Crippen LogP contribution in [0.1, 0.15) is 51.0 Å². The Balaban J connectivity index is 2.11. The number of piperidine rings is 1. The van der Waals surface area contributed by atoms with Gasteiger partial charge in [0.15, 0.2) is 0 Å². The highest BCUT2D eigenvalue weighted by Crippen LogP contribution is 2.17. The number of aromatic amines is 1. The quantitative estimate of drug-likeness (QED) is 0.892. The van der Waals surface area contributed by atoms with Crippen LogP contribution in [0.2, 0.25) is 0 Å². The molecule has 1 saturated heterocycles. The molecule has 0 saturated carbocycles. The topological polar surface area (TPSA) is 49.0 Å². The van der Waals surface area contributed by atoms with Crippen molar-refractivity contribution >= 4 is 0 Å². The van der Waals surface area contributed by atoms with Gasteiger partial charge in [-0.15, -0.1) is 0 Å². The predicted octanol–water partition coefficient (Wildman–Crippen LogP) is 2.13. The van der Waals surface area contributed by atoms with Crippen LogP contribution < -0.4 is 5.56 Å². The van der Waals surface area contributed by atoms with E-state index in [0.29, 0.717) is 0 Å². The van der Waals surface area contributed by atoms with Crippen LogP contribution in [0.15, 0.2) is 10.9 Å². The summed E-state index contributed by atoms with van der Waals surface area (Å²) in [6.07, 6.45) is 2.57. The third-order valence-electron chi connectivity index (χ3n) is 3.49. The molecule has 1 aromatic rings. The lowest BCUT2D eigenvalue weighted by molar-refractivity contribution is 0.174. The summed E-state index contributed by atoms with van der Waals surface area (Å²) in [6, 6.07) is 1.63. The molecule has 1 aliphatic heterocycles. The summed E-state index contributed by atoms with van der Waals surface area (Å²) < 4.78 is 0. The Bertz CT molecular complexity index is 453. The van der Waals surface area contributed by atoms with Gasteiger partial charge in [-0.3, -0.25) is 9.69 Å². The molecule has 18 heavy (non-hydrogen) atoms. The Kier molecular flexibility index (Phi) is 4.17. The maximum Gasteiger partial charge on any atom is 0.251 e. The smallest absolute Gasteiger partial charge is 0.251 e. The third-order valence-corrected chi connectivity index (χ3v) is 3.49. The molecule has 0 amide bonds. The summed E-state index contributed by atoms with van der Waals surface area (Å²) in [7, 11) is 0. The van der Waals surface area contributed by atoms with E-state index in [0.717, 1.165) is 37.1 Å². The molecule has 4 nitrogen and oxygen atoms in total. The van der Waals surface area contributed by atoms with Crippen LogP contribution in [-0.2, 0) is 6.54 Å². The van der Waals surface area contributed by atoms with E-state index in [1.54, 1.807) is 6.07 Å². The zero-order valence-electron chi connectivity index (χ0n) is 11.6. The predicted molar refractivity (Wildman–Crippen MR) is 72.6 cm³/mol. The maximum absolute atomic E-state index is 11.6. The zero-order chi connectivity index (χ0) is 13.1. The van der Waals surface area contributed by atoms with Crippen LogP contribution in [-0.4, -0.2) is 28.0 Å². The molecular weight excluding hydrogens is 226 g/mol. The summed E-state index contributed by atoms with van der Waals surface area (Å²) >= 11 is 0. The molecule has 1 aliphatic rings. The number of hydrogen-bond donors (Lipinski definition) is 1. The summed E-state index contributed by atoms with van der Waals surface area (Å²) in [4.78, 5) is 21.4. The van der Waals surface area contributed by atoms with Gasteiger partial charge in [0.25, 0.3) is 5.56 Å². The molecule has 4 heteroatoms. The molecule has 0 aromatic carbocycles. The second-order valence-corrected chi connectivity index (χ2v) is 5.76. The van der Waals surface area contributed by atoms with Crippen molar-refractivity contribution in [1.29, 1.82) is 0 Å². The first-order valence-electron chi connectivity index (χ1n) is 6.87. The van der Waals surface area contributed by atoms with Crippen LogP contribution in [0.4, 0.5) is 0 Å². The highest BCUT2D eigenvalue weighted by Gasteiger charge is 2.17. The fourth-order valence-electron chi connectivity index (χ4n) is 2.54. The number of aromatic nitrogens is 2. The van der Waals surface area contributed by atoms with Crippen molar-refractivity contribution in [2.24, 2.45) is 5.92 Å². The molecule has 1 fully saturated rings. The molecular formula is C14H23N3O. The normalized spacial score (nSPS) is 21.4. The number of nitrogens with one attached hydrogen (secondary N) is 1. The minimum absolute atomic E-state index is 0.0336. The Labute approximate surface area is 108 Å². The number of hydrogen-bond acceptors (Lipinski definition) is 3. The second kappa shape index (κ2) is 5.65. The van der Waals surface area contributed by atoms with E-state index in [4.69, 9.17) is 0 Å². The first-order valence-corrected chi connectivity index (χ1v) is 6.87. The minimum Gasteiger partial charge on any atom is -0.310 e. The van der Waals surface area contributed by atoms with Crippen molar-refractivity contribution in [2.45, 2.75) is 46.1 Å². The van der Waals surface area contributed by atoms with Crippen molar-refractivity contribution in [1.82, 2.24) is 14.9 Å². The number of likely N-dealkylation sites (tertiary alicyclic amines) is 1. The molecule has 0 aliphatic carbocycles. The number of rotatable bonds is 3. The standard InChI is InChI=1S/C14H23N3O/c1-10(2)14-15-12(7-13(18)16-14)9-17-6-4-5-11(3)8-17/h7,10-11H,4-6,8-9H2,1-3H3,(H,15,16,18)/t11-/m0/s1. The van der Waals surface area contributed by atoms with Crippen LogP contribution >= 0.6 is 0 Å². The molecule has 0 radical (unpaired) electrons. The lowest BCUT2D eigenvalue weighted by Crippen LogP contribution is -2.34. The summed E-state index contributed by atoms with van der Waals surface area (Å²) in [5.41, 5.74) is 0.866. The molecule has 100 valence electrons. The largest absolute Gasteiger partial charge is 0.310 e. The summed E-state index contributed by atoms with van der Waals surface area (Å²) in [5.74, 6) is 1.81. The third kappa shape index (κ3) is 3.42. The summed E-state index contributed by atoms with van der Waals surface area (Å²) in [6.45, 7) is 9.42. The van der Waals surface area contributed by atoms with Crippen molar-refractivity contribution in [3.63, 3.8) is 0 Å². The molecule has 0 unspecified atom stereocenters. The van der Waals surface area contributed by atoms with Gasteiger partial charge >= 0.3 is 0 Å². The van der Waals surface area contributed by atoms with Crippen LogP contribution in [0.3, 0.4) is 0 Å². The highest BCUT2D eigenvalue weighted by atomic mass is 16.1. The maximum atomic E-state index is 11.6. The highest BCUT2D eigenvalue weighted by molar-refractivity contribution is 5.05. The number of nitrogens with zero attached hydrogens (tertiary/aromatic N) is 2. The SMILES string of the molecule is CC(C)c1nc(CN2CCC[C@H](C)C2)cc(=O)[nH]1. The van der Waals surface area contributed by atoms with Crippen molar-refractivity contribution < 1.29 is 0 Å². The van der Waals surface area contributed by atoms with Crippen molar-refractivity contribution in [3.05, 3.63) is 27.9 Å². The summed E-state index contributed by atoms with van der Waals surface area (Å²) in [5, 5.41) is 0.